The van der Waals surface area contributed by atoms with Crippen LogP contribution in [0.25, 0.3) is 0 Å². The highest BCUT2D eigenvalue weighted by Crippen LogP contribution is 2.38. The number of carbonyl (C=O) groups is 1. The first-order valence-electron chi connectivity index (χ1n) is 5.82. The second-order valence-electron chi connectivity index (χ2n) is 4.32. The highest BCUT2D eigenvalue weighted by atomic mass is 32.1. The first-order valence-corrected chi connectivity index (χ1v) is 7.45. The number of fused-ring (bicyclic) bond motifs is 1. The average Bonchev–Trinajstić information content (AvgIpc) is 2.90. The van der Waals surface area contributed by atoms with Gasteiger partial charge in [-0.15, -0.1) is 22.7 Å². The second kappa shape index (κ2) is 4.57. The van der Waals surface area contributed by atoms with Gasteiger partial charge in [-0.1, -0.05) is 0 Å². The number of rotatable bonds is 2. The molecule has 0 saturated carbocycles. The van der Waals surface area contributed by atoms with E-state index in [1.807, 2.05) is 19.9 Å². The minimum Gasteiger partial charge on any atom is -0.367 e. The fourth-order valence-corrected chi connectivity index (χ4v) is 4.11. The molecule has 0 fully saturated rings. The maximum absolute atomic E-state index is 10.9. The van der Waals surface area contributed by atoms with Gasteiger partial charge in [0, 0.05) is 21.7 Å². The van der Waals surface area contributed by atoms with Gasteiger partial charge in [0.15, 0.2) is 6.29 Å². The average molecular weight is 279 g/mol. The molecule has 0 bridgehead atoms. The zero-order valence-corrected chi connectivity index (χ0v) is 11.9. The van der Waals surface area contributed by atoms with Crippen molar-refractivity contribution in [2.75, 3.05) is 6.61 Å². The molecule has 5 heteroatoms. The number of thiazole rings is 1. The molecule has 1 aliphatic heterocycles. The summed E-state index contributed by atoms with van der Waals surface area (Å²) in [7, 11) is 0. The first-order chi connectivity index (χ1) is 8.69. The van der Waals surface area contributed by atoms with E-state index in [-0.39, 0.29) is 6.10 Å². The third-order valence-electron chi connectivity index (χ3n) is 3.07. The molecule has 2 aromatic heterocycles. The molecule has 0 saturated heterocycles. The molecule has 3 heterocycles. The van der Waals surface area contributed by atoms with Crippen molar-refractivity contribution in [3.8, 4) is 0 Å². The number of carbonyl (C=O) groups excluding carboxylic acids is 1. The fourth-order valence-electron chi connectivity index (χ4n) is 2.29. The van der Waals surface area contributed by atoms with Crippen LogP contribution in [0.4, 0.5) is 0 Å². The molecule has 3 nitrogen and oxygen atoms in total. The summed E-state index contributed by atoms with van der Waals surface area (Å²) in [6.07, 6.45) is 1.75. The summed E-state index contributed by atoms with van der Waals surface area (Å²) in [6.45, 7) is 4.78. The van der Waals surface area contributed by atoms with Crippen LogP contribution in [-0.4, -0.2) is 17.9 Å². The minimum absolute atomic E-state index is 0.0938. The Morgan fingerprint density at radius 3 is 3.00 bits per heavy atom. The van der Waals surface area contributed by atoms with Gasteiger partial charge in [-0.05, 0) is 19.9 Å². The monoisotopic (exact) mass is 279 g/mol. The number of aromatic nitrogens is 1. The van der Waals surface area contributed by atoms with Crippen molar-refractivity contribution in [2.45, 2.75) is 26.4 Å². The molecule has 1 aliphatic rings. The molecule has 2 aromatic rings. The van der Waals surface area contributed by atoms with E-state index in [1.54, 1.807) is 11.3 Å². The van der Waals surface area contributed by atoms with Gasteiger partial charge in [0.25, 0.3) is 0 Å². The zero-order chi connectivity index (χ0) is 12.7. The van der Waals surface area contributed by atoms with E-state index in [9.17, 15) is 4.79 Å². The largest absolute Gasteiger partial charge is 0.367 e. The third kappa shape index (κ3) is 1.92. The Bertz CT molecular complexity index is 600. The topological polar surface area (TPSA) is 39.2 Å². The van der Waals surface area contributed by atoms with Gasteiger partial charge in [0.2, 0.25) is 0 Å². The van der Waals surface area contributed by atoms with Crippen molar-refractivity contribution in [3.63, 3.8) is 0 Å². The highest BCUT2D eigenvalue weighted by Gasteiger charge is 2.28. The Kier molecular flexibility index (Phi) is 3.05. The lowest BCUT2D eigenvalue weighted by Gasteiger charge is -2.22. The zero-order valence-electron chi connectivity index (χ0n) is 10.2. The van der Waals surface area contributed by atoms with Crippen molar-refractivity contribution in [1.29, 1.82) is 0 Å². The van der Waals surface area contributed by atoms with Crippen LogP contribution < -0.4 is 0 Å². The summed E-state index contributed by atoms with van der Waals surface area (Å²) in [4.78, 5) is 18.7. The van der Waals surface area contributed by atoms with E-state index in [0.717, 1.165) is 45.3 Å². The van der Waals surface area contributed by atoms with Gasteiger partial charge in [0.05, 0.1) is 22.2 Å². The number of hydrogen-bond acceptors (Lipinski definition) is 5. The maximum Gasteiger partial charge on any atom is 0.160 e. The Labute approximate surface area is 113 Å². The predicted molar refractivity (Wildman–Crippen MR) is 72.8 cm³/mol. The molecular weight excluding hydrogens is 266 g/mol. The van der Waals surface area contributed by atoms with Gasteiger partial charge in [-0.2, -0.15) is 0 Å². The molecule has 0 N–H and O–H groups in total. The van der Waals surface area contributed by atoms with Crippen LogP contribution in [0, 0.1) is 13.8 Å². The van der Waals surface area contributed by atoms with E-state index in [4.69, 9.17) is 4.74 Å². The molecule has 0 radical (unpaired) electrons. The van der Waals surface area contributed by atoms with Crippen molar-refractivity contribution in [1.82, 2.24) is 4.98 Å². The van der Waals surface area contributed by atoms with Gasteiger partial charge in [0.1, 0.15) is 6.10 Å². The fraction of sp³-hybridized carbons (Fsp3) is 0.385. The third-order valence-corrected chi connectivity index (χ3v) is 5.11. The van der Waals surface area contributed by atoms with E-state index in [2.05, 4.69) is 4.98 Å². The van der Waals surface area contributed by atoms with Crippen molar-refractivity contribution >= 4 is 29.0 Å². The summed E-state index contributed by atoms with van der Waals surface area (Å²) in [5.41, 5.74) is 2.13. The standard InChI is InChI=1S/C13H13NO2S2/c1-7-10(5-9(6-15)17-7)13-12-11(3-4-16-13)18-8(2)14-12/h5-6,13H,3-4H2,1-2H3. The van der Waals surface area contributed by atoms with Crippen molar-refractivity contribution in [3.05, 3.63) is 37.0 Å². The van der Waals surface area contributed by atoms with Gasteiger partial charge in [-0.25, -0.2) is 4.98 Å². The molecule has 94 valence electrons. The molecule has 0 aliphatic carbocycles. The quantitative estimate of drug-likeness (QED) is 0.792. The van der Waals surface area contributed by atoms with E-state index >= 15 is 0 Å². The molecule has 1 atom stereocenters. The summed E-state index contributed by atoms with van der Waals surface area (Å²) in [5, 5.41) is 1.08. The lowest BCUT2D eigenvalue weighted by molar-refractivity contribution is 0.0679. The molecular formula is C13H13NO2S2. The number of hydrogen-bond donors (Lipinski definition) is 0. The van der Waals surface area contributed by atoms with E-state index in [1.165, 1.54) is 16.2 Å². The van der Waals surface area contributed by atoms with Crippen LogP contribution in [0.15, 0.2) is 6.07 Å². The van der Waals surface area contributed by atoms with Crippen LogP contribution in [0.1, 0.15) is 41.8 Å². The number of aldehydes is 1. The Balaban J connectivity index is 2.07. The molecule has 0 spiro atoms. The van der Waals surface area contributed by atoms with Crippen molar-refractivity contribution < 1.29 is 9.53 Å². The van der Waals surface area contributed by atoms with Gasteiger partial charge in [-0.3, -0.25) is 4.79 Å². The lowest BCUT2D eigenvalue weighted by atomic mass is 10.0. The maximum atomic E-state index is 10.9. The first kappa shape index (κ1) is 12.0. The number of ether oxygens (including phenoxy) is 1. The highest BCUT2D eigenvalue weighted by molar-refractivity contribution is 7.13. The number of nitrogens with zero attached hydrogens (tertiary/aromatic N) is 1. The summed E-state index contributed by atoms with van der Waals surface area (Å²) in [5.74, 6) is 0. The van der Waals surface area contributed by atoms with Crippen LogP contribution in [0.2, 0.25) is 0 Å². The predicted octanol–water partition coefficient (Wildman–Crippen LogP) is 3.30. The molecule has 18 heavy (non-hydrogen) atoms. The summed E-state index contributed by atoms with van der Waals surface area (Å²) in [6, 6.07) is 1.93. The summed E-state index contributed by atoms with van der Waals surface area (Å²) >= 11 is 3.27. The smallest absolute Gasteiger partial charge is 0.160 e. The Hall–Kier alpha value is -1.04. The summed E-state index contributed by atoms with van der Waals surface area (Å²) < 4.78 is 5.88. The number of thiophene rings is 1. The normalized spacial score (nSPS) is 18.7. The van der Waals surface area contributed by atoms with Crippen LogP contribution in [-0.2, 0) is 11.2 Å². The lowest BCUT2D eigenvalue weighted by Crippen LogP contribution is -2.16. The van der Waals surface area contributed by atoms with Gasteiger partial charge < -0.3 is 4.74 Å². The second-order valence-corrected chi connectivity index (χ2v) is 6.90. The SMILES string of the molecule is Cc1nc2c(s1)CCOC2c1cc(C=O)sc1C. The molecule has 0 aromatic carbocycles. The van der Waals surface area contributed by atoms with Crippen LogP contribution >= 0.6 is 22.7 Å². The van der Waals surface area contributed by atoms with Crippen LogP contribution in [0.5, 0.6) is 0 Å². The Morgan fingerprint density at radius 2 is 2.28 bits per heavy atom. The van der Waals surface area contributed by atoms with Gasteiger partial charge >= 0.3 is 0 Å². The minimum atomic E-state index is -0.0938. The van der Waals surface area contributed by atoms with Crippen LogP contribution in [0.3, 0.4) is 0 Å². The molecule has 1 unspecified atom stereocenters. The molecule has 3 rings (SSSR count). The van der Waals surface area contributed by atoms with E-state index < -0.39 is 0 Å². The Morgan fingerprint density at radius 1 is 1.44 bits per heavy atom. The number of aryl methyl sites for hydroxylation is 2. The van der Waals surface area contributed by atoms with E-state index in [0.29, 0.717) is 0 Å². The van der Waals surface area contributed by atoms with Crippen molar-refractivity contribution in [2.24, 2.45) is 0 Å². The molecule has 0 amide bonds.